The molecule has 0 aliphatic rings. The van der Waals surface area contributed by atoms with E-state index in [0.29, 0.717) is 16.6 Å². The molecule has 1 atom stereocenters. The van der Waals surface area contributed by atoms with Crippen LogP contribution in [0.25, 0.3) is 0 Å². The SMILES string of the molecule is CCCNC(=O)C(Cc1ccccc1)N(Cc1ccccc1C)C(=O)CN(c1cccc(Cl)c1)S(=O)(=O)c1ccc(Cl)cc1. The number of nitrogens with zero attached hydrogens (tertiary/aromatic N) is 2. The molecule has 0 spiro atoms. The van der Waals surface area contributed by atoms with Crippen LogP contribution in [0.3, 0.4) is 0 Å². The third kappa shape index (κ3) is 8.40. The maximum Gasteiger partial charge on any atom is 0.264 e. The first-order chi connectivity index (χ1) is 21.1. The van der Waals surface area contributed by atoms with Gasteiger partial charge in [-0.3, -0.25) is 13.9 Å². The van der Waals surface area contributed by atoms with Gasteiger partial charge in [-0.25, -0.2) is 8.42 Å². The minimum atomic E-state index is -4.25. The first-order valence-corrected chi connectivity index (χ1v) is 16.5. The molecule has 0 aliphatic heterocycles. The highest BCUT2D eigenvalue weighted by Crippen LogP contribution is 2.28. The highest BCUT2D eigenvalue weighted by Gasteiger charge is 2.34. The van der Waals surface area contributed by atoms with Crippen molar-refractivity contribution in [1.82, 2.24) is 10.2 Å². The Morgan fingerprint density at radius 2 is 1.52 bits per heavy atom. The molecule has 0 bridgehead atoms. The van der Waals surface area contributed by atoms with E-state index in [2.05, 4.69) is 5.32 Å². The van der Waals surface area contributed by atoms with Gasteiger partial charge in [-0.05, 0) is 72.5 Å². The first kappa shape index (κ1) is 33.1. The molecule has 0 radical (unpaired) electrons. The number of rotatable bonds is 13. The summed E-state index contributed by atoms with van der Waals surface area (Å²) in [4.78, 5) is 29.6. The molecule has 4 aromatic rings. The van der Waals surface area contributed by atoms with Gasteiger partial charge in [0.1, 0.15) is 12.6 Å². The van der Waals surface area contributed by atoms with Crippen LogP contribution in [-0.2, 0) is 32.6 Å². The Morgan fingerprint density at radius 3 is 2.18 bits per heavy atom. The van der Waals surface area contributed by atoms with E-state index in [1.54, 1.807) is 18.2 Å². The number of aryl methyl sites for hydroxylation is 1. The van der Waals surface area contributed by atoms with Crippen molar-refractivity contribution in [2.75, 3.05) is 17.4 Å². The number of nitrogens with one attached hydrogen (secondary N) is 1. The number of hydrogen-bond acceptors (Lipinski definition) is 4. The van der Waals surface area contributed by atoms with Crippen LogP contribution in [-0.4, -0.2) is 44.3 Å². The van der Waals surface area contributed by atoms with Crippen LogP contribution in [0, 0.1) is 6.92 Å². The van der Waals surface area contributed by atoms with Gasteiger partial charge in [0.05, 0.1) is 10.6 Å². The van der Waals surface area contributed by atoms with Gasteiger partial charge >= 0.3 is 0 Å². The Morgan fingerprint density at radius 1 is 0.841 bits per heavy atom. The zero-order valence-electron chi connectivity index (χ0n) is 24.6. The largest absolute Gasteiger partial charge is 0.354 e. The topological polar surface area (TPSA) is 86.8 Å². The summed E-state index contributed by atoms with van der Waals surface area (Å²) in [6.45, 7) is 3.87. The number of amides is 2. The average Bonchev–Trinajstić information content (AvgIpc) is 3.01. The summed E-state index contributed by atoms with van der Waals surface area (Å²) in [7, 11) is -4.25. The van der Waals surface area contributed by atoms with Crippen LogP contribution in [0.2, 0.25) is 10.0 Å². The van der Waals surface area contributed by atoms with Crippen LogP contribution in [0.4, 0.5) is 5.69 Å². The normalized spacial score (nSPS) is 11.9. The minimum Gasteiger partial charge on any atom is -0.354 e. The number of anilines is 1. The Labute approximate surface area is 269 Å². The fourth-order valence-electron chi connectivity index (χ4n) is 4.78. The summed E-state index contributed by atoms with van der Waals surface area (Å²) < 4.78 is 29.1. The van der Waals surface area contributed by atoms with Crippen LogP contribution in [0.15, 0.2) is 108 Å². The van der Waals surface area contributed by atoms with E-state index in [1.165, 1.54) is 35.2 Å². The first-order valence-electron chi connectivity index (χ1n) is 14.3. The van der Waals surface area contributed by atoms with E-state index in [9.17, 15) is 18.0 Å². The van der Waals surface area contributed by atoms with Crippen LogP contribution in [0.1, 0.15) is 30.0 Å². The van der Waals surface area contributed by atoms with Crippen molar-refractivity contribution in [3.63, 3.8) is 0 Å². The molecule has 0 saturated heterocycles. The quantitative estimate of drug-likeness (QED) is 0.175. The van der Waals surface area contributed by atoms with E-state index in [4.69, 9.17) is 23.2 Å². The molecule has 2 amide bonds. The fraction of sp³-hybridized carbons (Fsp3) is 0.235. The molecular formula is C34H35Cl2N3O4S. The van der Waals surface area contributed by atoms with Gasteiger partial charge < -0.3 is 10.2 Å². The Hall–Kier alpha value is -3.85. The molecule has 1 N–H and O–H groups in total. The fourth-order valence-corrected chi connectivity index (χ4v) is 6.50. The standard InChI is InChI=1S/C34H35Cl2N3O4S/c1-3-20-37-34(41)32(21-26-11-5-4-6-12-26)38(23-27-13-8-7-10-25(27)2)33(40)24-39(30-15-9-14-29(36)22-30)44(42,43)31-18-16-28(35)17-19-31/h4-19,22,32H,3,20-21,23-24H2,1-2H3,(H,37,41). The smallest absolute Gasteiger partial charge is 0.264 e. The Bertz CT molecular complexity index is 1680. The molecule has 10 heteroatoms. The molecule has 0 aromatic heterocycles. The summed E-state index contributed by atoms with van der Waals surface area (Å²) in [5.41, 5.74) is 2.87. The minimum absolute atomic E-state index is 0.0401. The van der Waals surface area contributed by atoms with E-state index in [0.717, 1.165) is 27.4 Å². The summed E-state index contributed by atoms with van der Waals surface area (Å²) in [6, 6.07) is 28.2. The predicted molar refractivity (Wildman–Crippen MR) is 176 cm³/mol. The van der Waals surface area contributed by atoms with Gasteiger partial charge in [0.2, 0.25) is 11.8 Å². The van der Waals surface area contributed by atoms with Gasteiger partial charge in [-0.15, -0.1) is 0 Å². The van der Waals surface area contributed by atoms with Crippen LogP contribution < -0.4 is 9.62 Å². The lowest BCUT2D eigenvalue weighted by Crippen LogP contribution is -2.53. The summed E-state index contributed by atoms with van der Waals surface area (Å²) in [6.07, 6.45) is 0.965. The highest BCUT2D eigenvalue weighted by atomic mass is 35.5. The van der Waals surface area contributed by atoms with Gasteiger partial charge in [-0.2, -0.15) is 0 Å². The van der Waals surface area contributed by atoms with E-state index < -0.39 is 28.5 Å². The molecule has 4 rings (SSSR count). The Kier molecular flexibility index (Phi) is 11.4. The van der Waals surface area contributed by atoms with Crippen molar-refractivity contribution in [3.05, 3.63) is 130 Å². The lowest BCUT2D eigenvalue weighted by atomic mass is 10.0. The second kappa shape index (κ2) is 15.2. The molecule has 7 nitrogen and oxygen atoms in total. The number of halogens is 2. The molecular weight excluding hydrogens is 617 g/mol. The van der Waals surface area contributed by atoms with Crippen molar-refractivity contribution >= 4 is 50.7 Å². The van der Waals surface area contributed by atoms with Gasteiger partial charge in [0.25, 0.3) is 10.0 Å². The lowest BCUT2D eigenvalue weighted by molar-refractivity contribution is -0.140. The number of benzene rings is 4. The Balaban J connectivity index is 1.80. The monoisotopic (exact) mass is 651 g/mol. The molecule has 44 heavy (non-hydrogen) atoms. The van der Waals surface area contributed by atoms with Gasteiger partial charge in [0.15, 0.2) is 0 Å². The summed E-state index contributed by atoms with van der Waals surface area (Å²) >= 11 is 12.3. The van der Waals surface area contributed by atoms with Crippen LogP contribution in [0.5, 0.6) is 0 Å². The van der Waals surface area contributed by atoms with Crippen LogP contribution >= 0.6 is 23.2 Å². The zero-order valence-corrected chi connectivity index (χ0v) is 26.9. The lowest BCUT2D eigenvalue weighted by Gasteiger charge is -2.34. The van der Waals surface area contributed by atoms with Crippen molar-refractivity contribution in [1.29, 1.82) is 0 Å². The predicted octanol–water partition coefficient (Wildman–Crippen LogP) is 6.66. The van der Waals surface area contributed by atoms with Crippen molar-refractivity contribution < 1.29 is 18.0 Å². The molecule has 0 fully saturated rings. The number of carbonyl (C=O) groups is 2. The second-order valence-electron chi connectivity index (χ2n) is 10.4. The molecule has 1 unspecified atom stereocenters. The van der Waals surface area contributed by atoms with Crippen molar-refractivity contribution in [3.8, 4) is 0 Å². The average molecular weight is 653 g/mol. The second-order valence-corrected chi connectivity index (χ2v) is 13.1. The summed E-state index contributed by atoms with van der Waals surface area (Å²) in [5.74, 6) is -0.856. The third-order valence-electron chi connectivity index (χ3n) is 7.20. The van der Waals surface area contributed by atoms with Gasteiger partial charge in [0, 0.05) is 29.6 Å². The molecule has 230 valence electrons. The number of sulfonamides is 1. The van der Waals surface area contributed by atoms with E-state index in [1.807, 2.05) is 68.4 Å². The maximum atomic E-state index is 14.5. The number of hydrogen-bond donors (Lipinski definition) is 1. The van der Waals surface area contributed by atoms with Gasteiger partial charge in [-0.1, -0.05) is 90.8 Å². The maximum absolute atomic E-state index is 14.5. The summed E-state index contributed by atoms with van der Waals surface area (Å²) in [5, 5.41) is 3.63. The highest BCUT2D eigenvalue weighted by molar-refractivity contribution is 7.92. The van der Waals surface area contributed by atoms with E-state index in [-0.39, 0.29) is 29.5 Å². The number of carbonyl (C=O) groups excluding carboxylic acids is 2. The third-order valence-corrected chi connectivity index (χ3v) is 9.47. The molecule has 0 heterocycles. The molecule has 4 aromatic carbocycles. The van der Waals surface area contributed by atoms with Crippen molar-refractivity contribution in [2.45, 2.75) is 44.2 Å². The molecule has 0 saturated carbocycles. The van der Waals surface area contributed by atoms with Crippen molar-refractivity contribution in [2.24, 2.45) is 0 Å². The molecule has 0 aliphatic carbocycles. The van der Waals surface area contributed by atoms with E-state index >= 15 is 0 Å². The zero-order chi connectivity index (χ0) is 31.7.